The first-order chi connectivity index (χ1) is 6.66. The van der Waals surface area contributed by atoms with Gasteiger partial charge in [-0.05, 0) is 34.7 Å². The van der Waals surface area contributed by atoms with Crippen LogP contribution in [0.4, 0.5) is 0 Å². The summed E-state index contributed by atoms with van der Waals surface area (Å²) in [4.78, 5) is 14.7. The van der Waals surface area contributed by atoms with Crippen LogP contribution in [-0.2, 0) is 17.8 Å². The number of carbonyl (C=O) groups is 1. The molecule has 1 unspecified atom stereocenters. The molecule has 1 atom stereocenters. The van der Waals surface area contributed by atoms with Gasteiger partial charge in [0.05, 0.1) is 12.0 Å². The number of halogens is 1. The number of hydrogen-bond donors (Lipinski definition) is 1. The largest absolute Gasteiger partial charge is 0.481 e. The quantitative estimate of drug-likeness (QED) is 0.879. The molecule has 1 N–H and O–H groups in total. The van der Waals surface area contributed by atoms with Crippen LogP contribution in [0.2, 0.25) is 0 Å². The lowest BCUT2D eigenvalue weighted by atomic mass is 9.93. The third-order valence-electron chi connectivity index (χ3n) is 2.62. The molecule has 0 spiro atoms. The van der Waals surface area contributed by atoms with Gasteiger partial charge in [0.1, 0.15) is 4.60 Å². The lowest BCUT2D eigenvalue weighted by Gasteiger charge is -2.22. The highest BCUT2D eigenvalue weighted by Crippen LogP contribution is 2.27. The normalized spacial score (nSPS) is 20.5. The van der Waals surface area contributed by atoms with E-state index < -0.39 is 5.97 Å². The van der Waals surface area contributed by atoms with Gasteiger partial charge in [0.15, 0.2) is 0 Å². The number of fused-ring (bicyclic) bond motifs is 1. The second kappa shape index (κ2) is 3.73. The number of nitrogens with zero attached hydrogens (tertiary/aromatic N) is 2. The maximum Gasteiger partial charge on any atom is 0.303 e. The van der Waals surface area contributed by atoms with Crippen LogP contribution in [0.15, 0.2) is 10.9 Å². The van der Waals surface area contributed by atoms with Crippen LogP contribution in [0, 0.1) is 5.92 Å². The number of aromatic nitrogens is 2. The maximum atomic E-state index is 10.6. The van der Waals surface area contributed by atoms with Crippen molar-refractivity contribution in [1.82, 2.24) is 9.55 Å². The fourth-order valence-electron chi connectivity index (χ4n) is 1.90. The molecule has 0 amide bonds. The summed E-state index contributed by atoms with van der Waals surface area (Å²) in [6, 6.07) is 0. The summed E-state index contributed by atoms with van der Waals surface area (Å²) >= 11 is 3.37. The van der Waals surface area contributed by atoms with Gasteiger partial charge in [-0.15, -0.1) is 0 Å². The minimum Gasteiger partial charge on any atom is -0.481 e. The standard InChI is InChI=1S/C9H11BrN2O2/c10-9-7-3-6(4-8(13)14)1-2-12(7)5-11-9/h5-6H,1-4H2,(H,13,14). The molecule has 0 aliphatic carbocycles. The highest BCUT2D eigenvalue weighted by Gasteiger charge is 2.22. The SMILES string of the molecule is O=C(O)CC1CCn2cnc(Br)c2C1. The van der Waals surface area contributed by atoms with Crippen LogP contribution in [0.25, 0.3) is 0 Å². The van der Waals surface area contributed by atoms with Crippen molar-refractivity contribution in [3.63, 3.8) is 0 Å². The Kier molecular flexibility index (Phi) is 2.58. The monoisotopic (exact) mass is 258 g/mol. The molecule has 1 aliphatic heterocycles. The van der Waals surface area contributed by atoms with Gasteiger partial charge in [-0.2, -0.15) is 0 Å². The number of carboxylic acids is 1. The summed E-state index contributed by atoms with van der Waals surface area (Å²) < 4.78 is 2.94. The van der Waals surface area contributed by atoms with Crippen LogP contribution in [0.3, 0.4) is 0 Å². The van der Waals surface area contributed by atoms with Gasteiger partial charge in [0.25, 0.3) is 0 Å². The Morgan fingerprint density at radius 1 is 1.79 bits per heavy atom. The number of aryl methyl sites for hydroxylation is 1. The van der Waals surface area contributed by atoms with Gasteiger partial charge in [-0.3, -0.25) is 4.79 Å². The average molecular weight is 259 g/mol. The van der Waals surface area contributed by atoms with E-state index in [-0.39, 0.29) is 12.3 Å². The molecule has 0 aromatic carbocycles. The molecule has 0 bridgehead atoms. The third kappa shape index (κ3) is 1.82. The first kappa shape index (κ1) is 9.71. The topological polar surface area (TPSA) is 55.1 Å². The molecule has 4 nitrogen and oxygen atoms in total. The average Bonchev–Trinajstić information content (AvgIpc) is 2.47. The highest BCUT2D eigenvalue weighted by atomic mass is 79.9. The Balaban J connectivity index is 2.12. The molecule has 0 radical (unpaired) electrons. The fraction of sp³-hybridized carbons (Fsp3) is 0.556. The smallest absolute Gasteiger partial charge is 0.303 e. The van der Waals surface area contributed by atoms with E-state index in [9.17, 15) is 4.79 Å². The Hall–Kier alpha value is -0.840. The molecule has 76 valence electrons. The molecule has 0 saturated heterocycles. The highest BCUT2D eigenvalue weighted by molar-refractivity contribution is 9.10. The van der Waals surface area contributed by atoms with Crippen molar-refractivity contribution in [2.45, 2.75) is 25.8 Å². The first-order valence-electron chi connectivity index (χ1n) is 4.58. The number of imidazole rings is 1. The van der Waals surface area contributed by atoms with Crippen molar-refractivity contribution in [2.75, 3.05) is 0 Å². The number of carboxylic acid groups (broad SMARTS) is 1. The van der Waals surface area contributed by atoms with E-state index in [2.05, 4.69) is 25.5 Å². The zero-order valence-electron chi connectivity index (χ0n) is 7.61. The Morgan fingerprint density at radius 2 is 2.57 bits per heavy atom. The van der Waals surface area contributed by atoms with Crippen molar-refractivity contribution in [1.29, 1.82) is 0 Å². The fourth-order valence-corrected chi connectivity index (χ4v) is 2.38. The van der Waals surface area contributed by atoms with E-state index in [1.807, 2.05) is 0 Å². The van der Waals surface area contributed by atoms with Crippen molar-refractivity contribution >= 4 is 21.9 Å². The molecule has 0 saturated carbocycles. The summed E-state index contributed by atoms with van der Waals surface area (Å²) in [6.07, 6.45) is 3.81. The minimum absolute atomic E-state index is 0.257. The molecular formula is C9H11BrN2O2. The molecule has 1 aliphatic rings. The van der Waals surface area contributed by atoms with Crippen molar-refractivity contribution in [3.05, 3.63) is 16.6 Å². The van der Waals surface area contributed by atoms with Crippen molar-refractivity contribution in [2.24, 2.45) is 5.92 Å². The Labute approximate surface area is 90.1 Å². The van der Waals surface area contributed by atoms with E-state index in [0.29, 0.717) is 0 Å². The van der Waals surface area contributed by atoms with Crippen molar-refractivity contribution < 1.29 is 9.90 Å². The van der Waals surface area contributed by atoms with Crippen LogP contribution in [0.5, 0.6) is 0 Å². The number of hydrogen-bond acceptors (Lipinski definition) is 2. The van der Waals surface area contributed by atoms with E-state index >= 15 is 0 Å². The Bertz CT molecular complexity index is 362. The second-order valence-corrected chi connectivity index (χ2v) is 4.38. The van der Waals surface area contributed by atoms with E-state index in [0.717, 1.165) is 29.7 Å². The predicted octanol–water partition coefficient (Wildman–Crippen LogP) is 1.68. The summed E-state index contributed by atoms with van der Waals surface area (Å²) in [5, 5.41) is 8.70. The van der Waals surface area contributed by atoms with E-state index in [4.69, 9.17) is 5.11 Å². The van der Waals surface area contributed by atoms with Gasteiger partial charge >= 0.3 is 5.97 Å². The zero-order valence-corrected chi connectivity index (χ0v) is 9.20. The van der Waals surface area contributed by atoms with E-state index in [1.165, 1.54) is 0 Å². The summed E-state index contributed by atoms with van der Waals surface area (Å²) in [5.41, 5.74) is 1.13. The Morgan fingerprint density at radius 3 is 3.29 bits per heavy atom. The molecule has 1 aromatic heterocycles. The maximum absolute atomic E-state index is 10.6. The summed E-state index contributed by atoms with van der Waals surface area (Å²) in [7, 11) is 0. The molecular weight excluding hydrogens is 248 g/mol. The van der Waals surface area contributed by atoms with Crippen LogP contribution >= 0.6 is 15.9 Å². The van der Waals surface area contributed by atoms with Gasteiger partial charge in [-0.1, -0.05) is 0 Å². The summed E-state index contributed by atoms with van der Waals surface area (Å²) in [6.45, 7) is 0.881. The van der Waals surface area contributed by atoms with Crippen LogP contribution < -0.4 is 0 Å². The van der Waals surface area contributed by atoms with Crippen molar-refractivity contribution in [3.8, 4) is 0 Å². The number of aliphatic carboxylic acids is 1. The van der Waals surface area contributed by atoms with E-state index in [1.54, 1.807) is 6.33 Å². The van der Waals surface area contributed by atoms with Gasteiger partial charge in [0, 0.05) is 13.0 Å². The summed E-state index contributed by atoms with van der Waals surface area (Å²) in [5.74, 6) is -0.452. The first-order valence-corrected chi connectivity index (χ1v) is 5.37. The molecule has 14 heavy (non-hydrogen) atoms. The molecule has 0 fully saturated rings. The lowest BCUT2D eigenvalue weighted by Crippen LogP contribution is -2.21. The molecule has 1 aromatic rings. The molecule has 5 heteroatoms. The third-order valence-corrected chi connectivity index (χ3v) is 3.28. The van der Waals surface area contributed by atoms with Gasteiger partial charge in [-0.25, -0.2) is 4.98 Å². The van der Waals surface area contributed by atoms with Gasteiger partial charge in [0.2, 0.25) is 0 Å². The lowest BCUT2D eigenvalue weighted by molar-refractivity contribution is -0.138. The van der Waals surface area contributed by atoms with Gasteiger partial charge < -0.3 is 9.67 Å². The minimum atomic E-state index is -0.709. The molecule has 2 rings (SSSR count). The van der Waals surface area contributed by atoms with Crippen LogP contribution in [-0.4, -0.2) is 20.6 Å². The zero-order chi connectivity index (χ0) is 10.1. The van der Waals surface area contributed by atoms with Crippen LogP contribution in [0.1, 0.15) is 18.5 Å². The second-order valence-electron chi connectivity index (χ2n) is 3.63. The number of rotatable bonds is 2. The molecule has 2 heterocycles. The predicted molar refractivity (Wildman–Crippen MR) is 54.0 cm³/mol.